The summed E-state index contributed by atoms with van der Waals surface area (Å²) in [5, 5.41) is 5.12. The first-order valence-electron chi connectivity index (χ1n) is 7.18. The summed E-state index contributed by atoms with van der Waals surface area (Å²) in [5.74, 6) is -0.286. The fourth-order valence-electron chi connectivity index (χ4n) is 2.41. The third-order valence-electron chi connectivity index (χ3n) is 3.60. The molecule has 0 aliphatic heterocycles. The van der Waals surface area contributed by atoms with Crippen molar-refractivity contribution in [3.8, 4) is 0 Å². The lowest BCUT2D eigenvalue weighted by Gasteiger charge is -2.00. The van der Waals surface area contributed by atoms with Gasteiger partial charge in [0.2, 0.25) is 0 Å². The molecule has 6 heteroatoms. The van der Waals surface area contributed by atoms with Gasteiger partial charge in [0, 0.05) is 26.8 Å². The van der Waals surface area contributed by atoms with Crippen LogP contribution in [0.1, 0.15) is 27.8 Å². The number of hydrazone groups is 1. The number of benzene rings is 1. The van der Waals surface area contributed by atoms with Crippen LogP contribution in [0.3, 0.4) is 0 Å². The van der Waals surface area contributed by atoms with Crippen LogP contribution >= 0.6 is 34.5 Å². The monoisotopic (exact) mass is 364 g/mol. The van der Waals surface area contributed by atoms with E-state index in [1.165, 1.54) is 4.88 Å². The van der Waals surface area contributed by atoms with Gasteiger partial charge in [0.1, 0.15) is 0 Å². The Balaban J connectivity index is 1.68. The Kier molecular flexibility index (Phi) is 4.85. The SMILES string of the molecule is CCc1ccc(/C=N/NC(=O)C2=C(Cl)c3ccc(Cl)cc3C2)s1. The van der Waals surface area contributed by atoms with E-state index in [1.807, 2.05) is 18.2 Å². The number of rotatable bonds is 4. The van der Waals surface area contributed by atoms with Gasteiger partial charge in [0.25, 0.3) is 5.91 Å². The van der Waals surface area contributed by atoms with Crippen molar-refractivity contribution in [3.63, 3.8) is 0 Å². The molecule has 1 amide bonds. The van der Waals surface area contributed by atoms with Gasteiger partial charge in [0.05, 0.1) is 11.2 Å². The van der Waals surface area contributed by atoms with Gasteiger partial charge in [-0.25, -0.2) is 5.43 Å². The minimum Gasteiger partial charge on any atom is -0.268 e. The van der Waals surface area contributed by atoms with Crippen molar-refractivity contribution in [2.75, 3.05) is 0 Å². The zero-order valence-corrected chi connectivity index (χ0v) is 14.7. The molecular weight excluding hydrogens is 351 g/mol. The van der Waals surface area contributed by atoms with E-state index in [9.17, 15) is 4.79 Å². The van der Waals surface area contributed by atoms with E-state index >= 15 is 0 Å². The Bertz CT molecular complexity index is 824. The maximum Gasteiger partial charge on any atom is 0.269 e. The summed E-state index contributed by atoms with van der Waals surface area (Å²) in [5.41, 5.74) is 4.88. The van der Waals surface area contributed by atoms with Crippen molar-refractivity contribution < 1.29 is 4.79 Å². The molecule has 3 nitrogen and oxygen atoms in total. The number of nitrogens with one attached hydrogen (secondary N) is 1. The van der Waals surface area contributed by atoms with Gasteiger partial charge in [-0.05, 0) is 41.8 Å². The molecule has 0 bridgehead atoms. The number of hydrogen-bond acceptors (Lipinski definition) is 3. The Labute approximate surface area is 148 Å². The van der Waals surface area contributed by atoms with Crippen molar-refractivity contribution >= 4 is 51.7 Å². The Hall–Kier alpha value is -1.62. The van der Waals surface area contributed by atoms with Crippen LogP contribution in [-0.4, -0.2) is 12.1 Å². The molecule has 23 heavy (non-hydrogen) atoms. The highest BCUT2D eigenvalue weighted by atomic mass is 35.5. The maximum atomic E-state index is 12.3. The van der Waals surface area contributed by atoms with Crippen molar-refractivity contribution in [1.82, 2.24) is 5.43 Å². The average molecular weight is 365 g/mol. The molecule has 0 radical (unpaired) electrons. The van der Waals surface area contributed by atoms with Gasteiger partial charge in [-0.1, -0.05) is 36.2 Å². The highest BCUT2D eigenvalue weighted by Crippen LogP contribution is 2.36. The molecule has 0 saturated carbocycles. The molecule has 0 spiro atoms. The number of carbonyl (C=O) groups is 1. The predicted octanol–water partition coefficient (Wildman–Crippen LogP) is 4.62. The Morgan fingerprint density at radius 1 is 1.35 bits per heavy atom. The topological polar surface area (TPSA) is 41.5 Å². The van der Waals surface area contributed by atoms with Crippen LogP contribution in [-0.2, 0) is 17.6 Å². The maximum absolute atomic E-state index is 12.3. The first kappa shape index (κ1) is 16.2. The van der Waals surface area contributed by atoms with Crippen LogP contribution in [0.2, 0.25) is 5.02 Å². The quantitative estimate of drug-likeness (QED) is 0.623. The first-order chi connectivity index (χ1) is 11.1. The minimum absolute atomic E-state index is 0.286. The molecule has 1 heterocycles. The molecule has 1 N–H and O–H groups in total. The summed E-state index contributed by atoms with van der Waals surface area (Å²) >= 11 is 13.9. The molecule has 1 aliphatic rings. The Morgan fingerprint density at radius 2 is 2.17 bits per heavy atom. The zero-order chi connectivity index (χ0) is 16.4. The van der Waals surface area contributed by atoms with Crippen LogP contribution in [0, 0.1) is 0 Å². The smallest absolute Gasteiger partial charge is 0.268 e. The molecule has 1 aromatic heterocycles. The molecule has 0 saturated heterocycles. The molecule has 3 rings (SSSR count). The molecule has 0 unspecified atom stereocenters. The summed E-state index contributed by atoms with van der Waals surface area (Å²) in [6, 6.07) is 9.48. The number of thiophene rings is 1. The number of aryl methyl sites for hydroxylation is 1. The van der Waals surface area contributed by atoms with E-state index in [1.54, 1.807) is 23.6 Å². The number of halogens is 2. The van der Waals surface area contributed by atoms with E-state index in [-0.39, 0.29) is 5.91 Å². The van der Waals surface area contributed by atoms with Gasteiger partial charge in [-0.2, -0.15) is 5.10 Å². The van der Waals surface area contributed by atoms with Crippen LogP contribution in [0.5, 0.6) is 0 Å². The minimum atomic E-state index is -0.286. The first-order valence-corrected chi connectivity index (χ1v) is 8.75. The van der Waals surface area contributed by atoms with Crippen LogP contribution in [0.15, 0.2) is 41.0 Å². The van der Waals surface area contributed by atoms with E-state index in [2.05, 4.69) is 23.5 Å². The van der Waals surface area contributed by atoms with Gasteiger partial charge in [-0.15, -0.1) is 11.3 Å². The van der Waals surface area contributed by atoms with Crippen molar-refractivity contribution in [1.29, 1.82) is 0 Å². The number of hydrogen-bond donors (Lipinski definition) is 1. The van der Waals surface area contributed by atoms with E-state index in [0.29, 0.717) is 22.0 Å². The summed E-state index contributed by atoms with van der Waals surface area (Å²) in [7, 11) is 0. The lowest BCUT2D eigenvalue weighted by molar-refractivity contribution is -0.117. The standard InChI is InChI=1S/C17H14Cl2N2OS/c1-2-12-4-5-13(23-12)9-20-21-17(22)15-8-10-7-11(18)3-6-14(10)16(15)19/h3-7,9H,2,8H2,1H3,(H,21,22)/b20-9+. The summed E-state index contributed by atoms with van der Waals surface area (Å²) in [6.45, 7) is 2.10. The molecule has 0 fully saturated rings. The molecule has 1 aliphatic carbocycles. The predicted molar refractivity (Wildman–Crippen MR) is 97.4 cm³/mol. The van der Waals surface area contributed by atoms with Gasteiger partial charge >= 0.3 is 0 Å². The van der Waals surface area contributed by atoms with Gasteiger partial charge in [-0.3, -0.25) is 4.79 Å². The fourth-order valence-corrected chi connectivity index (χ4v) is 3.77. The number of nitrogens with zero attached hydrogens (tertiary/aromatic N) is 1. The highest BCUT2D eigenvalue weighted by Gasteiger charge is 2.25. The fraction of sp³-hybridized carbons (Fsp3) is 0.176. The second-order valence-electron chi connectivity index (χ2n) is 5.13. The Morgan fingerprint density at radius 3 is 2.91 bits per heavy atom. The van der Waals surface area contributed by atoms with Crippen LogP contribution < -0.4 is 5.43 Å². The van der Waals surface area contributed by atoms with Crippen molar-refractivity contribution in [3.05, 3.63) is 61.8 Å². The number of amides is 1. The highest BCUT2D eigenvalue weighted by molar-refractivity contribution is 7.13. The lowest BCUT2D eigenvalue weighted by atomic mass is 10.1. The third-order valence-corrected chi connectivity index (χ3v) is 5.43. The van der Waals surface area contributed by atoms with E-state index in [4.69, 9.17) is 23.2 Å². The van der Waals surface area contributed by atoms with Crippen molar-refractivity contribution in [2.45, 2.75) is 19.8 Å². The van der Waals surface area contributed by atoms with Crippen molar-refractivity contribution in [2.24, 2.45) is 5.10 Å². The largest absolute Gasteiger partial charge is 0.269 e. The summed E-state index contributed by atoms with van der Waals surface area (Å²) in [6.07, 6.45) is 3.11. The molecule has 118 valence electrons. The normalized spacial score (nSPS) is 13.7. The lowest BCUT2D eigenvalue weighted by Crippen LogP contribution is -2.20. The van der Waals surface area contributed by atoms with Gasteiger partial charge < -0.3 is 0 Å². The number of fused-ring (bicyclic) bond motifs is 1. The number of carbonyl (C=O) groups excluding carboxylic acids is 1. The second-order valence-corrected chi connectivity index (χ2v) is 7.14. The second kappa shape index (κ2) is 6.87. The third kappa shape index (κ3) is 3.50. The molecular formula is C17H14Cl2N2OS. The average Bonchev–Trinajstić information content (AvgIpc) is 3.12. The van der Waals surface area contributed by atoms with Crippen LogP contribution in [0.4, 0.5) is 0 Å². The van der Waals surface area contributed by atoms with E-state index in [0.717, 1.165) is 22.4 Å². The van der Waals surface area contributed by atoms with Gasteiger partial charge in [0.15, 0.2) is 0 Å². The van der Waals surface area contributed by atoms with Crippen LogP contribution in [0.25, 0.3) is 5.03 Å². The molecule has 1 aromatic carbocycles. The molecule has 0 atom stereocenters. The summed E-state index contributed by atoms with van der Waals surface area (Å²) in [4.78, 5) is 14.6. The zero-order valence-electron chi connectivity index (χ0n) is 12.4. The molecule has 2 aromatic rings. The van der Waals surface area contributed by atoms with E-state index < -0.39 is 0 Å². The summed E-state index contributed by atoms with van der Waals surface area (Å²) < 4.78 is 0.